The molecule has 8 nitrogen and oxygen atoms in total. The molecule has 0 unspecified atom stereocenters. The molecule has 4 aromatic rings. The number of nitrogens with zero attached hydrogens (tertiary/aromatic N) is 6. The average Bonchev–Trinajstić information content (AvgIpc) is 3.37. The molecular formula is C26H32N6O2. The summed E-state index contributed by atoms with van der Waals surface area (Å²) in [7, 11) is 1.74. The lowest BCUT2D eigenvalue weighted by atomic mass is 10.0. The third-order valence-electron chi connectivity index (χ3n) is 6.91. The van der Waals surface area contributed by atoms with Crippen LogP contribution in [0.1, 0.15) is 45.3 Å². The van der Waals surface area contributed by atoms with Crippen LogP contribution < -0.4 is 5.69 Å². The van der Waals surface area contributed by atoms with Crippen molar-refractivity contribution in [2.24, 2.45) is 7.05 Å². The van der Waals surface area contributed by atoms with Crippen molar-refractivity contribution >= 4 is 22.1 Å². The Balaban J connectivity index is 1.37. The predicted octanol–water partition coefficient (Wildman–Crippen LogP) is 3.93. The number of likely N-dealkylation sites (tertiary alicyclic amines) is 1. The molecule has 0 bridgehead atoms. The molecule has 178 valence electrons. The topological polar surface area (TPSA) is 78.1 Å². The molecule has 4 heterocycles. The molecular weight excluding hydrogens is 428 g/mol. The van der Waals surface area contributed by atoms with Gasteiger partial charge in [0.15, 0.2) is 5.65 Å². The van der Waals surface area contributed by atoms with E-state index in [0.717, 1.165) is 46.4 Å². The number of ether oxygens (including phenoxy) is 1. The fraction of sp³-hybridized carbons (Fsp3) is 0.462. The first kappa shape index (κ1) is 22.7. The summed E-state index contributed by atoms with van der Waals surface area (Å²) in [4.78, 5) is 19.9. The molecule has 1 aliphatic heterocycles. The number of hydrogen-bond donors (Lipinski definition) is 0. The van der Waals surface area contributed by atoms with E-state index < -0.39 is 0 Å². The van der Waals surface area contributed by atoms with E-state index in [-0.39, 0.29) is 11.7 Å². The van der Waals surface area contributed by atoms with E-state index >= 15 is 0 Å². The summed E-state index contributed by atoms with van der Waals surface area (Å²) >= 11 is 0. The number of aryl methyl sites for hydroxylation is 1. The summed E-state index contributed by atoms with van der Waals surface area (Å²) < 4.78 is 9.23. The molecule has 0 radical (unpaired) electrons. The van der Waals surface area contributed by atoms with Gasteiger partial charge in [-0.15, -0.1) is 10.2 Å². The Morgan fingerprint density at radius 2 is 1.97 bits per heavy atom. The summed E-state index contributed by atoms with van der Waals surface area (Å²) in [6.45, 7) is 9.70. The van der Waals surface area contributed by atoms with Crippen LogP contribution in [0.25, 0.3) is 33.2 Å². The van der Waals surface area contributed by atoms with E-state index in [1.165, 1.54) is 19.4 Å². The minimum absolute atomic E-state index is 0.0156. The van der Waals surface area contributed by atoms with Crippen molar-refractivity contribution in [3.63, 3.8) is 0 Å². The zero-order valence-corrected chi connectivity index (χ0v) is 20.4. The normalized spacial score (nSPS) is 16.9. The van der Waals surface area contributed by atoms with Gasteiger partial charge in [-0.1, -0.05) is 12.1 Å². The van der Waals surface area contributed by atoms with Gasteiger partial charge in [-0.2, -0.15) is 0 Å². The number of fused-ring (bicyclic) bond motifs is 3. The van der Waals surface area contributed by atoms with Crippen LogP contribution in [0.4, 0.5) is 0 Å². The number of rotatable bonds is 7. The minimum atomic E-state index is -0.0811. The number of pyridine rings is 1. The van der Waals surface area contributed by atoms with Crippen molar-refractivity contribution in [3.05, 3.63) is 52.7 Å². The summed E-state index contributed by atoms with van der Waals surface area (Å²) in [6.07, 6.45) is 4.46. The largest absolute Gasteiger partial charge is 0.374 e. The summed E-state index contributed by atoms with van der Waals surface area (Å²) in [6, 6.07) is 10.8. The third kappa shape index (κ3) is 4.12. The summed E-state index contributed by atoms with van der Waals surface area (Å²) in [5.74, 6) is 0. The molecule has 0 amide bonds. The molecule has 1 fully saturated rings. The van der Waals surface area contributed by atoms with Crippen molar-refractivity contribution in [1.82, 2.24) is 29.2 Å². The Kier molecular flexibility index (Phi) is 6.18. The fourth-order valence-corrected chi connectivity index (χ4v) is 4.92. The fourth-order valence-electron chi connectivity index (χ4n) is 4.92. The molecule has 3 aromatic heterocycles. The highest BCUT2D eigenvalue weighted by atomic mass is 16.5. The predicted molar refractivity (Wildman–Crippen MR) is 134 cm³/mol. The Bertz CT molecular complexity index is 1370. The monoisotopic (exact) mass is 460 g/mol. The first-order valence-corrected chi connectivity index (χ1v) is 12.1. The number of benzene rings is 1. The van der Waals surface area contributed by atoms with Gasteiger partial charge in [-0.3, -0.25) is 19.0 Å². The number of hydrogen-bond acceptors (Lipinski definition) is 6. The lowest BCUT2D eigenvalue weighted by Crippen LogP contribution is -2.30. The van der Waals surface area contributed by atoms with Crippen molar-refractivity contribution in [2.45, 2.75) is 52.3 Å². The maximum atomic E-state index is 12.8. The minimum Gasteiger partial charge on any atom is -0.374 e. The van der Waals surface area contributed by atoms with Crippen LogP contribution in [0, 0.1) is 0 Å². The van der Waals surface area contributed by atoms with Crippen LogP contribution in [0.3, 0.4) is 0 Å². The highest BCUT2D eigenvalue weighted by molar-refractivity contribution is 6.02. The molecule has 1 atom stereocenters. The van der Waals surface area contributed by atoms with Gasteiger partial charge < -0.3 is 4.74 Å². The molecule has 0 aliphatic carbocycles. The van der Waals surface area contributed by atoms with Gasteiger partial charge in [0.05, 0.1) is 24.4 Å². The molecule has 0 spiro atoms. The third-order valence-corrected chi connectivity index (χ3v) is 6.91. The van der Waals surface area contributed by atoms with Crippen LogP contribution >= 0.6 is 0 Å². The quantitative estimate of drug-likeness (QED) is 0.389. The van der Waals surface area contributed by atoms with Gasteiger partial charge in [-0.05, 0) is 63.9 Å². The molecule has 1 saturated heterocycles. The van der Waals surface area contributed by atoms with E-state index in [4.69, 9.17) is 4.74 Å². The lowest BCUT2D eigenvalue weighted by molar-refractivity contribution is 0.0889. The number of imidazole rings is 1. The van der Waals surface area contributed by atoms with Crippen LogP contribution in [0.15, 0.2) is 41.3 Å². The smallest absolute Gasteiger partial charge is 0.330 e. The van der Waals surface area contributed by atoms with Crippen LogP contribution in [0.2, 0.25) is 0 Å². The Labute approximate surface area is 199 Å². The maximum absolute atomic E-state index is 12.8. The van der Waals surface area contributed by atoms with Crippen molar-refractivity contribution in [1.29, 1.82) is 0 Å². The first-order chi connectivity index (χ1) is 16.4. The molecule has 8 heteroatoms. The van der Waals surface area contributed by atoms with E-state index in [1.54, 1.807) is 16.2 Å². The van der Waals surface area contributed by atoms with E-state index in [1.807, 2.05) is 38.2 Å². The van der Waals surface area contributed by atoms with Gasteiger partial charge in [0.2, 0.25) is 0 Å². The Hall–Kier alpha value is -3.10. The van der Waals surface area contributed by atoms with Crippen molar-refractivity contribution < 1.29 is 4.74 Å². The van der Waals surface area contributed by atoms with E-state index in [2.05, 4.69) is 39.1 Å². The highest BCUT2D eigenvalue weighted by Crippen LogP contribution is 2.28. The summed E-state index contributed by atoms with van der Waals surface area (Å²) in [5, 5.41) is 9.58. The Morgan fingerprint density at radius 3 is 2.68 bits per heavy atom. The van der Waals surface area contributed by atoms with Crippen LogP contribution in [0.5, 0.6) is 0 Å². The molecule has 0 saturated carbocycles. The second kappa shape index (κ2) is 9.27. The molecule has 1 aromatic carbocycles. The first-order valence-electron chi connectivity index (χ1n) is 12.1. The van der Waals surface area contributed by atoms with Gasteiger partial charge in [0, 0.05) is 42.8 Å². The van der Waals surface area contributed by atoms with Gasteiger partial charge >= 0.3 is 5.69 Å². The van der Waals surface area contributed by atoms with Gasteiger partial charge in [0.25, 0.3) is 0 Å². The van der Waals surface area contributed by atoms with E-state index in [0.29, 0.717) is 18.3 Å². The van der Waals surface area contributed by atoms with E-state index in [9.17, 15) is 4.79 Å². The zero-order chi connectivity index (χ0) is 23.8. The second-order valence-corrected chi connectivity index (χ2v) is 9.53. The summed E-state index contributed by atoms with van der Waals surface area (Å²) in [5.41, 5.74) is 5.05. The lowest BCUT2D eigenvalue weighted by Gasteiger charge is -2.20. The number of aromatic nitrogens is 5. The molecule has 34 heavy (non-hydrogen) atoms. The van der Waals surface area contributed by atoms with Crippen LogP contribution in [-0.2, 0) is 18.4 Å². The van der Waals surface area contributed by atoms with Gasteiger partial charge in [-0.25, -0.2) is 4.79 Å². The zero-order valence-electron chi connectivity index (χ0n) is 20.4. The van der Waals surface area contributed by atoms with Crippen LogP contribution in [-0.4, -0.2) is 55.0 Å². The standard InChI is InChI=1S/C26H32N6O2/c1-17(2)32-24-22-14-19(8-10-23(22)28-29-25(24)30(4)26(32)33)20-7-9-21(27-15-20)16-34-13-12-31-11-5-6-18(31)3/h7-10,14-15,17-18H,5-6,11-13,16H2,1-4H3/t18-/m0/s1. The average molecular weight is 461 g/mol. The SMILES string of the molecule is CC(C)n1c(=O)n(C)c2nnc3ccc(-c4ccc(COCCN5CCC[C@@H]5C)nc4)cc3c21. The second-order valence-electron chi connectivity index (χ2n) is 9.53. The van der Waals surface area contributed by atoms with Gasteiger partial charge in [0.1, 0.15) is 5.52 Å². The van der Waals surface area contributed by atoms with Crippen molar-refractivity contribution in [3.8, 4) is 11.1 Å². The van der Waals surface area contributed by atoms with Crippen molar-refractivity contribution in [2.75, 3.05) is 19.7 Å². The Morgan fingerprint density at radius 1 is 1.15 bits per heavy atom. The maximum Gasteiger partial charge on any atom is 0.330 e. The highest BCUT2D eigenvalue weighted by Gasteiger charge is 2.20. The molecule has 0 N–H and O–H groups in total. The molecule has 5 rings (SSSR count). The molecule has 1 aliphatic rings.